The van der Waals surface area contributed by atoms with Crippen LogP contribution in [-0.2, 0) is 14.2 Å². The number of nitrogens with zero attached hydrogens (tertiary/aromatic N) is 1. The van der Waals surface area contributed by atoms with Gasteiger partial charge >= 0.3 is 12.0 Å². The number of hydrogen-bond acceptors (Lipinski definition) is 9. The number of halogens is 3. The zero-order valence-electron chi connectivity index (χ0n) is 19.5. The number of ether oxygens (including phenoxy) is 5. The number of hydrogen-bond donors (Lipinski definition) is 0. The molecule has 8 nitrogen and oxygen atoms in total. The van der Waals surface area contributed by atoms with Gasteiger partial charge in [0.25, 0.3) is 0 Å². The molecule has 0 aliphatic heterocycles. The number of methoxy groups -OCH3 is 1. The maximum atomic E-state index is 12.5. The molecular weight excluding hydrogens is 503 g/mol. The highest BCUT2D eigenvalue weighted by Gasteiger charge is 2.31. The number of aromatic nitrogens is 1. The van der Waals surface area contributed by atoms with E-state index in [1.165, 1.54) is 24.4 Å². The Kier molecular flexibility index (Phi) is 10.9. The van der Waals surface area contributed by atoms with Crippen molar-refractivity contribution in [3.8, 4) is 22.8 Å². The van der Waals surface area contributed by atoms with Gasteiger partial charge in [0, 0.05) is 36.3 Å². The molecule has 2 heterocycles. The highest BCUT2D eigenvalue weighted by molar-refractivity contribution is 7.99. The van der Waals surface area contributed by atoms with E-state index in [-0.39, 0.29) is 29.4 Å². The fourth-order valence-electron chi connectivity index (χ4n) is 3.00. The molecule has 1 aromatic carbocycles. The van der Waals surface area contributed by atoms with Gasteiger partial charge in [0.2, 0.25) is 5.88 Å². The molecule has 0 unspecified atom stereocenters. The lowest BCUT2D eigenvalue weighted by Gasteiger charge is -2.09. The van der Waals surface area contributed by atoms with Crippen LogP contribution in [0, 0.1) is 0 Å². The van der Waals surface area contributed by atoms with Crippen LogP contribution in [0.3, 0.4) is 0 Å². The number of pyridine rings is 1. The third-order valence-corrected chi connectivity index (χ3v) is 5.56. The minimum Gasteiger partial charge on any atom is -0.475 e. The summed E-state index contributed by atoms with van der Waals surface area (Å²) in [5.74, 6) is 1.62. The Morgan fingerprint density at radius 3 is 2.31 bits per heavy atom. The topological polar surface area (TPSA) is 89.2 Å². The molecular formula is C24H26F3NO7S. The Bertz CT molecular complexity index is 1140. The monoisotopic (exact) mass is 529 g/mol. The average Bonchev–Trinajstić information content (AvgIpc) is 2.84. The molecule has 0 N–H and O–H groups in total. The van der Waals surface area contributed by atoms with Crippen molar-refractivity contribution in [1.29, 1.82) is 0 Å². The summed E-state index contributed by atoms with van der Waals surface area (Å²) in [6, 6.07) is 8.00. The summed E-state index contributed by atoms with van der Waals surface area (Å²) in [5.41, 5.74) is 0.198. The molecule has 0 saturated heterocycles. The molecule has 36 heavy (non-hydrogen) atoms. The lowest BCUT2D eigenvalue weighted by atomic mass is 10.1. The second kappa shape index (κ2) is 14.1. The van der Waals surface area contributed by atoms with Crippen LogP contribution in [-0.4, -0.2) is 69.6 Å². The van der Waals surface area contributed by atoms with Gasteiger partial charge in [0.15, 0.2) is 0 Å². The highest BCUT2D eigenvalue weighted by atomic mass is 32.2. The van der Waals surface area contributed by atoms with Crippen LogP contribution in [0.1, 0.15) is 0 Å². The summed E-state index contributed by atoms with van der Waals surface area (Å²) < 4.78 is 67.6. The number of alkyl halides is 3. The van der Waals surface area contributed by atoms with E-state index >= 15 is 0 Å². The van der Waals surface area contributed by atoms with E-state index in [9.17, 15) is 18.0 Å². The van der Waals surface area contributed by atoms with Crippen molar-refractivity contribution in [2.45, 2.75) is 6.36 Å². The lowest BCUT2D eigenvalue weighted by Crippen LogP contribution is -2.17. The fraction of sp³-hybridized carbons (Fsp3) is 0.417. The van der Waals surface area contributed by atoms with E-state index < -0.39 is 12.0 Å². The minimum atomic E-state index is -4.79. The van der Waals surface area contributed by atoms with Gasteiger partial charge in [-0.25, -0.2) is 9.78 Å². The van der Waals surface area contributed by atoms with Crippen molar-refractivity contribution in [2.75, 3.05) is 58.3 Å². The Hall–Kier alpha value is -2.80. The molecule has 0 aliphatic carbocycles. The zero-order valence-corrected chi connectivity index (χ0v) is 20.4. The Morgan fingerprint density at radius 1 is 0.944 bits per heavy atom. The molecule has 0 bridgehead atoms. The van der Waals surface area contributed by atoms with E-state index in [2.05, 4.69) is 9.72 Å². The predicted octanol–water partition coefficient (Wildman–Crippen LogP) is 4.55. The maximum absolute atomic E-state index is 12.5. The smallest absolute Gasteiger partial charge is 0.475 e. The number of benzene rings is 1. The molecule has 0 atom stereocenters. The minimum absolute atomic E-state index is 0.185. The van der Waals surface area contributed by atoms with Crippen LogP contribution in [0.25, 0.3) is 22.1 Å². The Labute approximate surface area is 209 Å². The second-order valence-electron chi connectivity index (χ2n) is 7.26. The molecule has 0 spiro atoms. The molecule has 0 radical (unpaired) electrons. The van der Waals surface area contributed by atoms with Crippen LogP contribution in [0.2, 0.25) is 0 Å². The molecule has 3 rings (SSSR count). The molecule has 0 saturated carbocycles. The molecule has 3 aromatic rings. The van der Waals surface area contributed by atoms with E-state index in [0.717, 1.165) is 23.6 Å². The van der Waals surface area contributed by atoms with Gasteiger partial charge in [0.05, 0.1) is 38.6 Å². The van der Waals surface area contributed by atoms with Gasteiger partial charge in [-0.1, -0.05) is 12.1 Å². The van der Waals surface area contributed by atoms with Crippen molar-refractivity contribution in [3.05, 3.63) is 53.0 Å². The molecule has 12 heteroatoms. The fourth-order valence-corrected chi connectivity index (χ4v) is 3.68. The van der Waals surface area contributed by atoms with Crippen molar-refractivity contribution in [2.24, 2.45) is 0 Å². The van der Waals surface area contributed by atoms with Crippen LogP contribution in [0.4, 0.5) is 13.2 Å². The number of thioether (sulfide) groups is 1. The second-order valence-corrected chi connectivity index (χ2v) is 8.48. The Balaban J connectivity index is 1.45. The summed E-state index contributed by atoms with van der Waals surface area (Å²) in [4.78, 5) is 16.7. The molecule has 0 aliphatic rings. The van der Waals surface area contributed by atoms with Gasteiger partial charge < -0.3 is 28.1 Å². The highest BCUT2D eigenvalue weighted by Crippen LogP contribution is 2.27. The van der Waals surface area contributed by atoms with Crippen molar-refractivity contribution in [3.63, 3.8) is 0 Å². The quantitative estimate of drug-likeness (QED) is 0.263. The maximum Gasteiger partial charge on any atom is 0.573 e. The van der Waals surface area contributed by atoms with Crippen LogP contribution in [0.15, 0.2) is 51.8 Å². The first-order valence-corrected chi connectivity index (χ1v) is 12.2. The van der Waals surface area contributed by atoms with E-state index in [0.29, 0.717) is 44.0 Å². The van der Waals surface area contributed by atoms with E-state index in [1.807, 2.05) is 0 Å². The molecule has 0 fully saturated rings. The van der Waals surface area contributed by atoms with Crippen LogP contribution in [0.5, 0.6) is 11.6 Å². The lowest BCUT2D eigenvalue weighted by molar-refractivity contribution is -0.274. The van der Waals surface area contributed by atoms with Crippen molar-refractivity contribution in [1.82, 2.24) is 4.98 Å². The van der Waals surface area contributed by atoms with Gasteiger partial charge in [-0.15, -0.1) is 13.2 Å². The molecule has 0 amide bonds. The van der Waals surface area contributed by atoms with E-state index in [1.54, 1.807) is 24.9 Å². The SMILES string of the molecule is COCCOCCSCCOCCOc1cc2oc(=O)c(-c3ccc(OC(F)(F)F)cc3)cc2cn1. The largest absolute Gasteiger partial charge is 0.573 e. The summed E-state index contributed by atoms with van der Waals surface area (Å²) in [6.07, 6.45) is -3.30. The van der Waals surface area contributed by atoms with Gasteiger partial charge in [-0.3, -0.25) is 0 Å². The summed E-state index contributed by atoms with van der Waals surface area (Å²) in [5, 5.41) is 0.534. The molecule has 2 aromatic heterocycles. The normalized spacial score (nSPS) is 11.7. The van der Waals surface area contributed by atoms with Crippen molar-refractivity contribution >= 4 is 22.7 Å². The van der Waals surface area contributed by atoms with Gasteiger partial charge in [-0.2, -0.15) is 11.8 Å². The first-order chi connectivity index (χ1) is 17.4. The average molecular weight is 530 g/mol. The third-order valence-electron chi connectivity index (χ3n) is 4.64. The van der Waals surface area contributed by atoms with Crippen LogP contribution < -0.4 is 15.1 Å². The Morgan fingerprint density at radius 2 is 1.64 bits per heavy atom. The van der Waals surface area contributed by atoms with Crippen molar-refractivity contribution < 1.29 is 41.3 Å². The summed E-state index contributed by atoms with van der Waals surface area (Å²) in [7, 11) is 1.64. The van der Waals surface area contributed by atoms with Crippen LogP contribution >= 0.6 is 11.8 Å². The molecule has 196 valence electrons. The first kappa shape index (κ1) is 27.8. The summed E-state index contributed by atoms with van der Waals surface area (Å²) >= 11 is 1.73. The zero-order chi connectivity index (χ0) is 25.8. The number of rotatable bonds is 15. The number of fused-ring (bicyclic) bond motifs is 1. The predicted molar refractivity (Wildman–Crippen MR) is 129 cm³/mol. The van der Waals surface area contributed by atoms with Gasteiger partial charge in [-0.05, 0) is 23.8 Å². The standard InChI is InChI=1S/C24H26F3NO7S/c1-30-6-7-31-10-12-36-13-11-32-8-9-33-22-15-21-18(16-28-22)14-20(23(29)34-21)17-2-4-19(5-3-17)35-24(25,26)27/h2-5,14-16H,6-13H2,1H3. The van der Waals surface area contributed by atoms with E-state index in [4.69, 9.17) is 23.4 Å². The third kappa shape index (κ3) is 9.34. The first-order valence-electron chi connectivity index (χ1n) is 11.0. The van der Waals surface area contributed by atoms with Gasteiger partial charge in [0.1, 0.15) is 17.9 Å². The summed E-state index contributed by atoms with van der Waals surface area (Å²) in [6.45, 7) is 3.09.